The van der Waals surface area contributed by atoms with Crippen molar-refractivity contribution in [3.05, 3.63) is 71.8 Å². The molecule has 1 aromatic carbocycles. The maximum absolute atomic E-state index is 13.5. The number of hydrogen-bond donors (Lipinski definition) is 0. The second-order valence-electron chi connectivity index (χ2n) is 6.46. The van der Waals surface area contributed by atoms with Crippen LogP contribution in [-0.4, -0.2) is 41.3 Å². The van der Waals surface area contributed by atoms with Crippen molar-refractivity contribution in [2.45, 2.75) is 25.1 Å². The Kier molecular flexibility index (Phi) is 4.67. The molecule has 5 nitrogen and oxygen atoms in total. The zero-order valence-corrected chi connectivity index (χ0v) is 14.2. The van der Waals surface area contributed by atoms with Gasteiger partial charge in [-0.2, -0.15) is 0 Å². The summed E-state index contributed by atoms with van der Waals surface area (Å²) in [5, 5.41) is 0. The molecule has 2 bridgehead atoms. The number of halogens is 1. The zero-order valence-electron chi connectivity index (χ0n) is 14.2. The van der Waals surface area contributed by atoms with Crippen molar-refractivity contribution in [1.82, 2.24) is 9.88 Å². The Hall–Kier alpha value is -2.73. The summed E-state index contributed by atoms with van der Waals surface area (Å²) in [5.41, 5.74) is 2.49. The average Bonchev–Trinajstić information content (AvgIpc) is 2.66. The molecule has 0 aliphatic carbocycles. The highest BCUT2D eigenvalue weighted by Crippen LogP contribution is 2.32. The summed E-state index contributed by atoms with van der Waals surface area (Å²) in [5.74, 6) is -0.318. The second kappa shape index (κ2) is 7.25. The largest absolute Gasteiger partial charge is 0.445 e. The molecule has 0 spiro atoms. The molecule has 2 aliphatic rings. The number of hydrogen-bond acceptors (Lipinski definition) is 4. The van der Waals surface area contributed by atoms with Gasteiger partial charge in [-0.3, -0.25) is 9.88 Å². The Bertz CT molecular complexity index is 825. The van der Waals surface area contributed by atoms with Crippen LogP contribution in [0.2, 0.25) is 0 Å². The van der Waals surface area contributed by atoms with Crippen molar-refractivity contribution >= 4 is 11.7 Å². The van der Waals surface area contributed by atoms with Gasteiger partial charge < -0.3 is 9.47 Å². The Morgan fingerprint density at radius 1 is 1.27 bits per heavy atom. The van der Waals surface area contributed by atoms with Crippen molar-refractivity contribution in [3.63, 3.8) is 0 Å². The third kappa shape index (κ3) is 3.46. The van der Waals surface area contributed by atoms with Gasteiger partial charge in [0, 0.05) is 6.20 Å². The van der Waals surface area contributed by atoms with E-state index in [-0.39, 0.29) is 30.6 Å². The van der Waals surface area contributed by atoms with Crippen LogP contribution in [0.15, 0.2) is 54.7 Å². The van der Waals surface area contributed by atoms with Gasteiger partial charge in [0.05, 0.1) is 31.0 Å². The summed E-state index contributed by atoms with van der Waals surface area (Å²) in [6.45, 7) is 1.07. The van der Waals surface area contributed by atoms with Gasteiger partial charge >= 0.3 is 6.09 Å². The lowest BCUT2D eigenvalue weighted by Crippen LogP contribution is -2.56. The van der Waals surface area contributed by atoms with Gasteiger partial charge in [0.15, 0.2) is 0 Å². The third-order valence-corrected chi connectivity index (χ3v) is 4.67. The molecule has 0 saturated carbocycles. The van der Waals surface area contributed by atoms with Crippen LogP contribution in [0.4, 0.5) is 9.18 Å². The summed E-state index contributed by atoms with van der Waals surface area (Å²) in [6, 6.07) is 12.0. The van der Waals surface area contributed by atoms with Crippen molar-refractivity contribution < 1.29 is 18.7 Å². The Labute approximate surface area is 151 Å². The maximum Gasteiger partial charge on any atom is 0.411 e. The minimum Gasteiger partial charge on any atom is -0.445 e. The number of amides is 1. The number of pyridine rings is 1. The van der Waals surface area contributed by atoms with Crippen molar-refractivity contribution in [2.75, 3.05) is 13.2 Å². The molecule has 2 aliphatic heterocycles. The summed E-state index contributed by atoms with van der Waals surface area (Å²) in [7, 11) is 0. The van der Waals surface area contributed by atoms with E-state index in [9.17, 15) is 9.18 Å². The lowest BCUT2D eigenvalue weighted by atomic mass is 9.92. The van der Waals surface area contributed by atoms with Crippen LogP contribution in [0.25, 0.3) is 5.57 Å². The van der Waals surface area contributed by atoms with Gasteiger partial charge in [-0.05, 0) is 29.7 Å². The van der Waals surface area contributed by atoms with Gasteiger partial charge in [-0.1, -0.05) is 36.4 Å². The molecular formula is C20H19FN2O3. The lowest BCUT2D eigenvalue weighted by Gasteiger charge is -2.43. The zero-order chi connectivity index (χ0) is 17.9. The molecule has 0 radical (unpaired) electrons. The molecule has 2 atom stereocenters. The Morgan fingerprint density at radius 2 is 2.12 bits per heavy atom. The van der Waals surface area contributed by atoms with E-state index in [1.807, 2.05) is 36.4 Å². The summed E-state index contributed by atoms with van der Waals surface area (Å²) in [4.78, 5) is 18.6. The third-order valence-electron chi connectivity index (χ3n) is 4.67. The van der Waals surface area contributed by atoms with Gasteiger partial charge in [-0.15, -0.1) is 0 Å². The van der Waals surface area contributed by atoms with E-state index in [0.717, 1.165) is 11.1 Å². The number of rotatable bonds is 3. The molecule has 6 heteroatoms. The van der Waals surface area contributed by atoms with Crippen LogP contribution in [0.1, 0.15) is 17.7 Å². The number of benzene rings is 1. The fraction of sp³-hybridized carbons (Fsp3) is 0.300. The molecule has 4 rings (SSSR count). The average molecular weight is 354 g/mol. The highest BCUT2D eigenvalue weighted by molar-refractivity contribution is 5.73. The van der Waals surface area contributed by atoms with Crippen molar-refractivity contribution in [3.8, 4) is 0 Å². The number of aromatic nitrogens is 1. The SMILES string of the molecule is O=C(OCc1ccccc1)N1C2C=C(c3cc(F)ccn3)CC1COC2. The quantitative estimate of drug-likeness (QED) is 0.848. The van der Waals surface area contributed by atoms with Gasteiger partial charge in [0.1, 0.15) is 12.4 Å². The maximum atomic E-state index is 13.5. The molecule has 3 heterocycles. The smallest absolute Gasteiger partial charge is 0.411 e. The summed E-state index contributed by atoms with van der Waals surface area (Å²) < 4.78 is 24.6. The monoisotopic (exact) mass is 354 g/mol. The Morgan fingerprint density at radius 3 is 2.88 bits per heavy atom. The number of morpholine rings is 1. The minimum atomic E-state index is -0.352. The first kappa shape index (κ1) is 16.7. The van der Waals surface area contributed by atoms with Gasteiger partial charge in [-0.25, -0.2) is 9.18 Å². The van der Waals surface area contributed by atoms with Crippen LogP contribution in [0, 0.1) is 5.82 Å². The topological polar surface area (TPSA) is 51.7 Å². The predicted molar refractivity (Wildman–Crippen MR) is 93.7 cm³/mol. The first-order chi connectivity index (χ1) is 12.7. The van der Waals surface area contributed by atoms with E-state index in [1.165, 1.54) is 18.3 Å². The van der Waals surface area contributed by atoms with Crippen LogP contribution >= 0.6 is 0 Å². The molecule has 26 heavy (non-hydrogen) atoms. The fourth-order valence-electron chi connectivity index (χ4n) is 3.44. The highest BCUT2D eigenvalue weighted by Gasteiger charge is 2.39. The molecular weight excluding hydrogens is 335 g/mol. The molecule has 0 N–H and O–H groups in total. The minimum absolute atomic E-state index is 0.137. The first-order valence-electron chi connectivity index (χ1n) is 8.60. The van der Waals surface area contributed by atoms with Crippen molar-refractivity contribution in [1.29, 1.82) is 0 Å². The Balaban J connectivity index is 1.50. The standard InChI is InChI=1S/C20H19FN2O3/c21-16-6-7-22-19(10-16)15-8-17-12-25-13-18(9-15)23(17)20(24)26-11-14-4-2-1-3-5-14/h1-8,10,17-18H,9,11-13H2. The lowest BCUT2D eigenvalue weighted by molar-refractivity contribution is -0.0342. The van der Waals surface area contributed by atoms with E-state index >= 15 is 0 Å². The van der Waals surface area contributed by atoms with Crippen LogP contribution in [-0.2, 0) is 16.1 Å². The van der Waals surface area contributed by atoms with E-state index in [4.69, 9.17) is 9.47 Å². The summed E-state index contributed by atoms with van der Waals surface area (Å²) in [6.07, 6.45) is 3.60. The molecule has 2 unspecified atom stereocenters. The molecule has 1 aromatic heterocycles. The molecule has 1 amide bonds. The fourth-order valence-corrected chi connectivity index (χ4v) is 3.44. The van der Waals surface area contributed by atoms with Crippen LogP contribution in [0.3, 0.4) is 0 Å². The van der Waals surface area contributed by atoms with Gasteiger partial charge in [0.25, 0.3) is 0 Å². The van der Waals surface area contributed by atoms with E-state index in [2.05, 4.69) is 4.98 Å². The van der Waals surface area contributed by atoms with E-state index in [1.54, 1.807) is 4.90 Å². The molecule has 134 valence electrons. The number of carbonyl (C=O) groups is 1. The first-order valence-corrected chi connectivity index (χ1v) is 8.60. The number of nitrogens with zero attached hydrogens (tertiary/aromatic N) is 2. The molecule has 1 fully saturated rings. The second-order valence-corrected chi connectivity index (χ2v) is 6.46. The number of carbonyl (C=O) groups excluding carboxylic acids is 1. The van der Waals surface area contributed by atoms with E-state index in [0.29, 0.717) is 25.3 Å². The molecule has 2 aromatic rings. The van der Waals surface area contributed by atoms with Crippen LogP contribution < -0.4 is 0 Å². The van der Waals surface area contributed by atoms with Gasteiger partial charge in [0.2, 0.25) is 0 Å². The highest BCUT2D eigenvalue weighted by atomic mass is 19.1. The number of fused-ring (bicyclic) bond motifs is 2. The molecule has 1 saturated heterocycles. The van der Waals surface area contributed by atoms with E-state index < -0.39 is 0 Å². The summed E-state index contributed by atoms with van der Waals surface area (Å²) >= 11 is 0. The normalized spacial score (nSPS) is 21.9. The predicted octanol–water partition coefficient (Wildman–Crippen LogP) is 3.41. The van der Waals surface area contributed by atoms with Crippen molar-refractivity contribution in [2.24, 2.45) is 0 Å². The number of ether oxygens (including phenoxy) is 2. The van der Waals surface area contributed by atoms with Crippen LogP contribution in [0.5, 0.6) is 0 Å².